The fourth-order valence-electron chi connectivity index (χ4n) is 5.13. The molecule has 1 N–H and O–H groups in total. The molecule has 0 heterocycles. The average molecular weight is 525 g/mol. The summed E-state index contributed by atoms with van der Waals surface area (Å²) in [6.45, 7) is 4.52. The van der Waals surface area contributed by atoms with E-state index in [9.17, 15) is 9.59 Å². The van der Waals surface area contributed by atoms with Gasteiger partial charge in [-0.1, -0.05) is 142 Å². The molecule has 0 fully saturated rings. The highest BCUT2D eigenvalue weighted by Gasteiger charge is 2.14. The minimum atomic E-state index is -0.710. The molecule has 4 nitrogen and oxygen atoms in total. The van der Waals surface area contributed by atoms with Crippen molar-refractivity contribution in [2.24, 2.45) is 0 Å². The van der Waals surface area contributed by atoms with Crippen molar-refractivity contribution in [1.29, 1.82) is 0 Å². The number of aliphatic carboxylic acids is 1. The van der Waals surface area contributed by atoms with Crippen LogP contribution < -0.4 is 0 Å². The molecular formula is C33H64O4. The van der Waals surface area contributed by atoms with Crippen molar-refractivity contribution >= 4 is 11.9 Å². The Morgan fingerprint density at radius 3 is 1.19 bits per heavy atom. The van der Waals surface area contributed by atoms with E-state index in [0.29, 0.717) is 6.42 Å². The molecule has 0 aliphatic carbocycles. The zero-order valence-electron chi connectivity index (χ0n) is 25.0. The average Bonchev–Trinajstić information content (AvgIpc) is 2.87. The first-order valence-electron chi connectivity index (χ1n) is 16.5. The lowest BCUT2D eigenvalue weighted by Crippen LogP contribution is -2.18. The standard InChI is InChI=1S/C33H64O4/c1-3-5-7-9-11-12-13-14-15-16-17-18-20-26-30-33(36)37-31(27-23-19-10-8-6-4-2)28-24-21-22-25-29-32(34)35/h31H,3-30H2,1-2H3,(H,34,35). The molecule has 4 heteroatoms. The molecule has 0 rings (SSSR count). The highest BCUT2D eigenvalue weighted by molar-refractivity contribution is 5.69. The van der Waals surface area contributed by atoms with E-state index in [1.165, 1.54) is 109 Å². The van der Waals surface area contributed by atoms with Gasteiger partial charge in [-0.15, -0.1) is 0 Å². The van der Waals surface area contributed by atoms with Crippen molar-refractivity contribution in [3.63, 3.8) is 0 Å². The molecule has 0 aromatic heterocycles. The number of carbonyl (C=O) groups excluding carboxylic acids is 1. The normalized spacial score (nSPS) is 12.1. The Morgan fingerprint density at radius 1 is 0.486 bits per heavy atom. The Hall–Kier alpha value is -1.06. The van der Waals surface area contributed by atoms with Gasteiger partial charge >= 0.3 is 11.9 Å². The summed E-state index contributed by atoms with van der Waals surface area (Å²) in [5, 5.41) is 8.77. The van der Waals surface area contributed by atoms with Gasteiger partial charge < -0.3 is 9.84 Å². The second-order valence-electron chi connectivity index (χ2n) is 11.4. The van der Waals surface area contributed by atoms with Crippen molar-refractivity contribution in [3.8, 4) is 0 Å². The van der Waals surface area contributed by atoms with Crippen LogP contribution in [0.3, 0.4) is 0 Å². The van der Waals surface area contributed by atoms with Crippen LogP contribution in [0.1, 0.15) is 194 Å². The van der Waals surface area contributed by atoms with Crippen LogP contribution in [0.5, 0.6) is 0 Å². The van der Waals surface area contributed by atoms with Gasteiger partial charge in [-0.2, -0.15) is 0 Å². The van der Waals surface area contributed by atoms with Gasteiger partial charge in [0.15, 0.2) is 0 Å². The van der Waals surface area contributed by atoms with Crippen molar-refractivity contribution in [2.75, 3.05) is 0 Å². The predicted molar refractivity (Wildman–Crippen MR) is 158 cm³/mol. The first-order valence-corrected chi connectivity index (χ1v) is 16.5. The summed E-state index contributed by atoms with van der Waals surface area (Å²) in [4.78, 5) is 23.1. The van der Waals surface area contributed by atoms with Crippen molar-refractivity contribution in [1.82, 2.24) is 0 Å². The molecule has 0 bridgehead atoms. The smallest absolute Gasteiger partial charge is 0.306 e. The Balaban J connectivity index is 3.86. The van der Waals surface area contributed by atoms with E-state index in [0.717, 1.165) is 57.8 Å². The van der Waals surface area contributed by atoms with Gasteiger partial charge in [0.2, 0.25) is 0 Å². The van der Waals surface area contributed by atoms with Crippen LogP contribution in [0.25, 0.3) is 0 Å². The van der Waals surface area contributed by atoms with E-state index in [4.69, 9.17) is 9.84 Å². The van der Waals surface area contributed by atoms with Gasteiger partial charge in [0.05, 0.1) is 0 Å². The summed E-state index contributed by atoms with van der Waals surface area (Å²) in [6, 6.07) is 0. The molecule has 0 aromatic rings. The van der Waals surface area contributed by atoms with Crippen LogP contribution in [0.4, 0.5) is 0 Å². The fourth-order valence-corrected chi connectivity index (χ4v) is 5.13. The highest BCUT2D eigenvalue weighted by Crippen LogP contribution is 2.18. The largest absolute Gasteiger partial charge is 0.481 e. The van der Waals surface area contributed by atoms with Gasteiger partial charge in [0, 0.05) is 12.8 Å². The van der Waals surface area contributed by atoms with Gasteiger partial charge in [-0.05, 0) is 38.5 Å². The Labute approximate surface area is 231 Å². The minimum absolute atomic E-state index is 0.0132. The molecule has 37 heavy (non-hydrogen) atoms. The zero-order valence-corrected chi connectivity index (χ0v) is 25.0. The van der Waals surface area contributed by atoms with Gasteiger partial charge in [0.25, 0.3) is 0 Å². The van der Waals surface area contributed by atoms with Gasteiger partial charge in [0.1, 0.15) is 6.10 Å². The molecule has 0 aliphatic heterocycles. The Kier molecular flexibility index (Phi) is 28.7. The van der Waals surface area contributed by atoms with E-state index >= 15 is 0 Å². The van der Waals surface area contributed by atoms with E-state index in [2.05, 4.69) is 13.8 Å². The molecule has 0 radical (unpaired) electrons. The number of hydrogen-bond acceptors (Lipinski definition) is 3. The van der Waals surface area contributed by atoms with Crippen molar-refractivity contribution in [2.45, 2.75) is 200 Å². The Bertz CT molecular complexity index is 491. The maximum absolute atomic E-state index is 12.5. The summed E-state index contributed by atoms with van der Waals surface area (Å²) in [5.41, 5.74) is 0. The topological polar surface area (TPSA) is 63.6 Å². The molecule has 0 aliphatic rings. The summed E-state index contributed by atoms with van der Waals surface area (Å²) in [5.74, 6) is -0.723. The SMILES string of the molecule is CCCCCCCCCCCCCCCCC(=O)OC(CCCCCCCC)CCCCCCC(=O)O. The lowest BCUT2D eigenvalue weighted by Gasteiger charge is -2.18. The third-order valence-electron chi connectivity index (χ3n) is 7.58. The van der Waals surface area contributed by atoms with Crippen LogP contribution in [0, 0.1) is 0 Å². The van der Waals surface area contributed by atoms with E-state index in [1.54, 1.807) is 0 Å². The molecule has 220 valence electrons. The summed E-state index contributed by atoms with van der Waals surface area (Å²) < 4.78 is 5.90. The highest BCUT2D eigenvalue weighted by atomic mass is 16.5. The quantitative estimate of drug-likeness (QED) is 0.0749. The van der Waals surface area contributed by atoms with E-state index in [1.807, 2.05) is 0 Å². The zero-order chi connectivity index (χ0) is 27.2. The van der Waals surface area contributed by atoms with Gasteiger partial charge in [-0.3, -0.25) is 9.59 Å². The number of carbonyl (C=O) groups is 2. The summed E-state index contributed by atoms with van der Waals surface area (Å²) in [6.07, 6.45) is 32.6. The monoisotopic (exact) mass is 524 g/mol. The molecule has 0 spiro atoms. The number of ether oxygens (including phenoxy) is 1. The predicted octanol–water partition coefficient (Wildman–Crippen LogP) is 10.9. The number of esters is 1. The summed E-state index contributed by atoms with van der Waals surface area (Å²) in [7, 11) is 0. The Morgan fingerprint density at radius 2 is 0.811 bits per heavy atom. The maximum Gasteiger partial charge on any atom is 0.306 e. The lowest BCUT2D eigenvalue weighted by atomic mass is 10.0. The van der Waals surface area contributed by atoms with E-state index < -0.39 is 5.97 Å². The molecule has 0 saturated heterocycles. The fraction of sp³-hybridized carbons (Fsp3) is 0.939. The number of unbranched alkanes of at least 4 members (excludes halogenated alkanes) is 21. The molecule has 1 atom stereocenters. The second-order valence-corrected chi connectivity index (χ2v) is 11.4. The van der Waals surface area contributed by atoms with Crippen molar-refractivity contribution in [3.05, 3.63) is 0 Å². The number of rotatable bonds is 30. The van der Waals surface area contributed by atoms with Crippen LogP contribution in [0.15, 0.2) is 0 Å². The third kappa shape index (κ3) is 29.4. The van der Waals surface area contributed by atoms with E-state index in [-0.39, 0.29) is 18.5 Å². The third-order valence-corrected chi connectivity index (χ3v) is 7.58. The minimum Gasteiger partial charge on any atom is -0.481 e. The first-order chi connectivity index (χ1) is 18.1. The number of carboxylic acids is 1. The summed E-state index contributed by atoms with van der Waals surface area (Å²) >= 11 is 0. The second kappa shape index (κ2) is 29.5. The first kappa shape index (κ1) is 35.9. The van der Waals surface area contributed by atoms with Crippen molar-refractivity contribution < 1.29 is 19.4 Å². The number of carboxylic acid groups (broad SMARTS) is 1. The maximum atomic E-state index is 12.5. The van der Waals surface area contributed by atoms with Crippen LogP contribution in [-0.2, 0) is 14.3 Å². The molecule has 1 unspecified atom stereocenters. The molecule has 0 amide bonds. The number of hydrogen-bond donors (Lipinski definition) is 1. The molecule has 0 saturated carbocycles. The lowest BCUT2D eigenvalue weighted by molar-refractivity contribution is -0.150. The molecule has 0 aromatic carbocycles. The van der Waals surface area contributed by atoms with Crippen LogP contribution in [0.2, 0.25) is 0 Å². The van der Waals surface area contributed by atoms with Crippen LogP contribution >= 0.6 is 0 Å². The van der Waals surface area contributed by atoms with Crippen LogP contribution in [-0.4, -0.2) is 23.1 Å². The van der Waals surface area contributed by atoms with Gasteiger partial charge in [-0.25, -0.2) is 0 Å². The molecular weight excluding hydrogens is 460 g/mol.